The Bertz CT molecular complexity index is 1040. The molecule has 0 saturated heterocycles. The molecule has 0 heterocycles. The number of benzene rings is 2. The van der Waals surface area contributed by atoms with Gasteiger partial charge in [-0.3, -0.25) is 14.9 Å². The van der Waals surface area contributed by atoms with E-state index < -0.39 is 53.2 Å². The molecule has 0 atom stereocenters. The van der Waals surface area contributed by atoms with E-state index in [1.807, 2.05) is 0 Å². The summed E-state index contributed by atoms with van der Waals surface area (Å²) in [6, 6.07) is 7.65. The molecule has 0 saturated carbocycles. The number of carbonyl (C=O) groups is 3. The first kappa shape index (κ1) is 25.7. The van der Waals surface area contributed by atoms with E-state index >= 15 is 0 Å². The van der Waals surface area contributed by atoms with Gasteiger partial charge in [0.25, 0.3) is 5.91 Å². The normalized spacial score (nSPS) is 11.0. The summed E-state index contributed by atoms with van der Waals surface area (Å²) in [5.41, 5.74) is -0.717. The van der Waals surface area contributed by atoms with Crippen molar-refractivity contribution in [3.8, 4) is 0 Å². The summed E-state index contributed by atoms with van der Waals surface area (Å²) in [6.45, 7) is 6.70. The number of carbonyl (C=O) groups excluding carboxylic acids is 3. The molecule has 0 aliphatic rings. The van der Waals surface area contributed by atoms with E-state index in [0.29, 0.717) is 18.2 Å². The summed E-state index contributed by atoms with van der Waals surface area (Å²) in [5, 5.41) is 4.68. The molecule has 0 bridgehead atoms. The molecular weight excluding hydrogens is 439 g/mol. The summed E-state index contributed by atoms with van der Waals surface area (Å²) in [4.78, 5) is 38.5. The molecule has 7 nitrogen and oxygen atoms in total. The van der Waals surface area contributed by atoms with E-state index in [1.165, 1.54) is 17.0 Å². The summed E-state index contributed by atoms with van der Waals surface area (Å²) in [6.07, 6.45) is -0.167. The van der Waals surface area contributed by atoms with E-state index in [4.69, 9.17) is 4.74 Å². The predicted octanol–water partition coefficient (Wildman–Crippen LogP) is 4.94. The molecule has 0 spiro atoms. The van der Waals surface area contributed by atoms with Gasteiger partial charge in [0.05, 0.1) is 5.69 Å². The number of hydrogen-bond acceptors (Lipinski definition) is 4. The Morgan fingerprint density at radius 3 is 2.33 bits per heavy atom. The average molecular weight is 465 g/mol. The molecule has 178 valence electrons. The molecule has 0 radical (unpaired) electrons. The molecule has 3 amide bonds. The van der Waals surface area contributed by atoms with Crippen molar-refractivity contribution in [3.05, 3.63) is 59.4 Å². The van der Waals surface area contributed by atoms with Crippen LogP contribution in [0.1, 0.15) is 44.5 Å². The molecule has 0 fully saturated rings. The van der Waals surface area contributed by atoms with Crippen LogP contribution < -0.4 is 10.6 Å². The Morgan fingerprint density at radius 2 is 1.70 bits per heavy atom. The largest absolute Gasteiger partial charge is 0.444 e. The standard InChI is InChI=1S/C23H26F3N3O4/c1-5-11-29(13-18(30)28-17-10-9-16(24)19(25)20(17)26)21(31)14-7-6-8-15(12-14)27-22(32)33-23(2,3)4/h6-10,12H,5,11,13H2,1-4H3,(H,27,32)(H,28,30). The van der Waals surface area contributed by atoms with Gasteiger partial charge in [-0.15, -0.1) is 0 Å². The molecule has 2 aromatic rings. The number of hydrogen-bond donors (Lipinski definition) is 2. The topological polar surface area (TPSA) is 87.7 Å². The lowest BCUT2D eigenvalue weighted by Crippen LogP contribution is -2.38. The monoisotopic (exact) mass is 465 g/mol. The maximum Gasteiger partial charge on any atom is 0.412 e. The van der Waals surface area contributed by atoms with E-state index in [0.717, 1.165) is 6.07 Å². The summed E-state index contributed by atoms with van der Waals surface area (Å²) in [7, 11) is 0. The maximum absolute atomic E-state index is 13.8. The summed E-state index contributed by atoms with van der Waals surface area (Å²) in [5.74, 6) is -5.91. The Hall–Kier alpha value is -3.56. The Balaban J connectivity index is 2.12. The number of halogens is 3. The zero-order valence-electron chi connectivity index (χ0n) is 18.8. The lowest BCUT2D eigenvalue weighted by Gasteiger charge is -2.22. The van der Waals surface area contributed by atoms with Gasteiger partial charge in [-0.05, 0) is 57.5 Å². The van der Waals surface area contributed by atoms with Crippen molar-refractivity contribution in [3.63, 3.8) is 0 Å². The van der Waals surface area contributed by atoms with Crippen LogP contribution in [0, 0.1) is 17.5 Å². The molecule has 0 aromatic heterocycles. The lowest BCUT2D eigenvalue weighted by atomic mass is 10.1. The van der Waals surface area contributed by atoms with Crippen LogP contribution in [0.5, 0.6) is 0 Å². The number of amides is 3. The van der Waals surface area contributed by atoms with Crippen LogP contribution in [0.4, 0.5) is 29.3 Å². The predicted molar refractivity (Wildman–Crippen MR) is 117 cm³/mol. The van der Waals surface area contributed by atoms with Crippen LogP contribution in [0.3, 0.4) is 0 Å². The van der Waals surface area contributed by atoms with E-state index in [9.17, 15) is 27.6 Å². The first-order chi connectivity index (χ1) is 15.4. The minimum atomic E-state index is -1.71. The van der Waals surface area contributed by atoms with Gasteiger partial charge in [-0.2, -0.15) is 0 Å². The van der Waals surface area contributed by atoms with Crippen molar-refractivity contribution in [1.29, 1.82) is 0 Å². The van der Waals surface area contributed by atoms with Crippen LogP contribution in [0.15, 0.2) is 36.4 Å². The van der Waals surface area contributed by atoms with E-state index in [2.05, 4.69) is 10.6 Å². The third-order valence-corrected chi connectivity index (χ3v) is 4.18. The van der Waals surface area contributed by atoms with Gasteiger partial charge in [0.1, 0.15) is 12.1 Å². The molecule has 0 aliphatic carbocycles. The second-order valence-electron chi connectivity index (χ2n) is 8.21. The molecule has 0 aliphatic heterocycles. The lowest BCUT2D eigenvalue weighted by molar-refractivity contribution is -0.116. The number of nitrogens with one attached hydrogen (secondary N) is 2. The highest BCUT2D eigenvalue weighted by Gasteiger charge is 2.21. The van der Waals surface area contributed by atoms with Gasteiger partial charge in [-0.1, -0.05) is 13.0 Å². The second-order valence-corrected chi connectivity index (χ2v) is 8.21. The minimum Gasteiger partial charge on any atom is -0.444 e. The van der Waals surface area contributed by atoms with E-state index in [-0.39, 0.29) is 12.1 Å². The zero-order valence-corrected chi connectivity index (χ0v) is 18.8. The molecule has 33 heavy (non-hydrogen) atoms. The maximum atomic E-state index is 13.8. The molecule has 2 aromatic carbocycles. The molecule has 0 unspecified atom stereocenters. The number of rotatable bonds is 7. The Morgan fingerprint density at radius 1 is 1.00 bits per heavy atom. The average Bonchev–Trinajstić information content (AvgIpc) is 2.72. The summed E-state index contributed by atoms with van der Waals surface area (Å²) < 4.78 is 45.5. The third-order valence-electron chi connectivity index (χ3n) is 4.18. The molecular formula is C23H26F3N3O4. The fourth-order valence-electron chi connectivity index (χ4n) is 2.84. The fourth-order valence-corrected chi connectivity index (χ4v) is 2.84. The smallest absolute Gasteiger partial charge is 0.412 e. The first-order valence-electron chi connectivity index (χ1n) is 10.2. The van der Waals surface area contributed by atoms with Crippen molar-refractivity contribution in [2.24, 2.45) is 0 Å². The van der Waals surface area contributed by atoms with Crippen LogP contribution >= 0.6 is 0 Å². The SMILES string of the molecule is CCCN(CC(=O)Nc1ccc(F)c(F)c1F)C(=O)c1cccc(NC(=O)OC(C)(C)C)c1. The number of ether oxygens (including phenoxy) is 1. The molecule has 10 heteroatoms. The van der Waals surface area contributed by atoms with Gasteiger partial charge in [0, 0.05) is 17.8 Å². The van der Waals surface area contributed by atoms with Crippen molar-refractivity contribution in [1.82, 2.24) is 4.90 Å². The van der Waals surface area contributed by atoms with Gasteiger partial charge < -0.3 is 15.0 Å². The summed E-state index contributed by atoms with van der Waals surface area (Å²) >= 11 is 0. The van der Waals surface area contributed by atoms with Crippen LogP contribution in [0.25, 0.3) is 0 Å². The molecule has 2 N–H and O–H groups in total. The highest BCUT2D eigenvalue weighted by atomic mass is 19.2. The van der Waals surface area contributed by atoms with Gasteiger partial charge in [0.2, 0.25) is 5.91 Å². The number of nitrogens with zero attached hydrogens (tertiary/aromatic N) is 1. The van der Waals surface area contributed by atoms with Crippen molar-refractivity contribution in [2.45, 2.75) is 39.7 Å². The molecule has 2 rings (SSSR count). The van der Waals surface area contributed by atoms with Gasteiger partial charge in [0.15, 0.2) is 17.5 Å². The van der Waals surface area contributed by atoms with Crippen LogP contribution in [-0.2, 0) is 9.53 Å². The second kappa shape index (κ2) is 10.8. The Labute approximate surface area is 189 Å². The highest BCUT2D eigenvalue weighted by molar-refractivity contribution is 6.00. The first-order valence-corrected chi connectivity index (χ1v) is 10.2. The van der Waals surface area contributed by atoms with Crippen LogP contribution in [-0.4, -0.2) is 41.5 Å². The Kier molecular flexibility index (Phi) is 8.44. The zero-order chi connectivity index (χ0) is 24.8. The highest BCUT2D eigenvalue weighted by Crippen LogP contribution is 2.20. The van der Waals surface area contributed by atoms with E-state index in [1.54, 1.807) is 39.8 Å². The fraction of sp³-hybridized carbons (Fsp3) is 0.348. The van der Waals surface area contributed by atoms with Crippen LogP contribution in [0.2, 0.25) is 0 Å². The van der Waals surface area contributed by atoms with Crippen molar-refractivity contribution >= 4 is 29.3 Å². The number of anilines is 2. The quantitative estimate of drug-likeness (QED) is 0.567. The van der Waals surface area contributed by atoms with Gasteiger partial charge >= 0.3 is 6.09 Å². The van der Waals surface area contributed by atoms with Crippen molar-refractivity contribution < 1.29 is 32.3 Å². The van der Waals surface area contributed by atoms with Crippen molar-refractivity contribution in [2.75, 3.05) is 23.7 Å². The third kappa shape index (κ3) is 7.51. The van der Waals surface area contributed by atoms with Gasteiger partial charge in [-0.25, -0.2) is 18.0 Å². The minimum absolute atomic E-state index is 0.198.